The molecule has 0 spiro atoms. The minimum absolute atomic E-state index is 0.956. The van der Waals surface area contributed by atoms with Gasteiger partial charge in [0.15, 0.2) is 0 Å². The predicted octanol–water partition coefficient (Wildman–Crippen LogP) is 12.2. The molecule has 7 aromatic carbocycles. The lowest BCUT2D eigenvalue weighted by molar-refractivity contribution is 1.25. The zero-order valence-electron chi connectivity index (χ0n) is 26.2. The van der Waals surface area contributed by atoms with Gasteiger partial charge in [-0.3, -0.25) is 0 Å². The van der Waals surface area contributed by atoms with Crippen LogP contribution in [0.5, 0.6) is 0 Å². The summed E-state index contributed by atoms with van der Waals surface area (Å²) in [5, 5.41) is 18.5. The molecule has 0 fully saturated rings. The van der Waals surface area contributed by atoms with Crippen molar-refractivity contribution in [3.8, 4) is 0 Å². The average Bonchev–Trinajstić information content (AvgIpc) is 3.13. The standard InChI is InChI=1S/C42H34N6/c1-6-16-30(17-7-1)43-35-26-39-41(28-37(35)45-32-20-10-3-11-21-32)48(34-24-14-5-15-25-34)42-29-38(46-33-22-12-4-13-23-33)36(27-40(42)47-39)44-31-18-8-2-9-19-31/h1-29,43-47H. The number of hydrogen-bond donors (Lipinski definition) is 5. The Bertz CT molecular complexity index is 2000. The maximum Gasteiger partial charge on any atom is 0.0719 e. The molecule has 1 heterocycles. The van der Waals surface area contributed by atoms with Gasteiger partial charge in [0.05, 0.1) is 45.5 Å². The average molecular weight is 623 g/mol. The van der Waals surface area contributed by atoms with E-state index in [0.717, 1.165) is 73.9 Å². The Balaban J connectivity index is 1.29. The fourth-order valence-corrected chi connectivity index (χ4v) is 6.00. The summed E-state index contributed by atoms with van der Waals surface area (Å²) in [5.74, 6) is 0. The van der Waals surface area contributed by atoms with E-state index in [-0.39, 0.29) is 0 Å². The predicted molar refractivity (Wildman–Crippen MR) is 203 cm³/mol. The molecule has 0 saturated carbocycles. The molecule has 1 aliphatic heterocycles. The molecule has 0 saturated heterocycles. The number of nitrogens with one attached hydrogen (secondary N) is 5. The van der Waals surface area contributed by atoms with Crippen LogP contribution in [0.25, 0.3) is 0 Å². The second-order valence-electron chi connectivity index (χ2n) is 11.6. The van der Waals surface area contributed by atoms with Gasteiger partial charge in [-0.2, -0.15) is 0 Å². The number of anilines is 13. The van der Waals surface area contributed by atoms with E-state index >= 15 is 0 Å². The van der Waals surface area contributed by atoms with Crippen LogP contribution in [0.4, 0.5) is 73.9 Å². The van der Waals surface area contributed by atoms with E-state index in [1.54, 1.807) is 0 Å². The molecule has 0 amide bonds. The molecule has 232 valence electrons. The van der Waals surface area contributed by atoms with Crippen molar-refractivity contribution in [2.24, 2.45) is 0 Å². The van der Waals surface area contributed by atoms with Crippen LogP contribution in [0.2, 0.25) is 0 Å². The molecule has 6 nitrogen and oxygen atoms in total. The van der Waals surface area contributed by atoms with E-state index in [1.165, 1.54) is 0 Å². The second-order valence-corrected chi connectivity index (χ2v) is 11.6. The smallest absolute Gasteiger partial charge is 0.0719 e. The van der Waals surface area contributed by atoms with Crippen molar-refractivity contribution in [1.82, 2.24) is 0 Å². The van der Waals surface area contributed by atoms with Gasteiger partial charge >= 0.3 is 0 Å². The largest absolute Gasteiger partial charge is 0.354 e. The van der Waals surface area contributed by atoms with Crippen LogP contribution in [0.1, 0.15) is 0 Å². The fourth-order valence-electron chi connectivity index (χ4n) is 6.00. The van der Waals surface area contributed by atoms with Crippen molar-refractivity contribution in [3.63, 3.8) is 0 Å². The Morgan fingerprint density at radius 2 is 0.625 bits per heavy atom. The van der Waals surface area contributed by atoms with Gasteiger partial charge in [0, 0.05) is 28.4 Å². The Kier molecular flexibility index (Phi) is 7.79. The third-order valence-corrected chi connectivity index (χ3v) is 8.25. The number of fused-ring (bicyclic) bond motifs is 2. The molecule has 5 N–H and O–H groups in total. The first-order valence-corrected chi connectivity index (χ1v) is 16.0. The summed E-state index contributed by atoms with van der Waals surface area (Å²) >= 11 is 0. The zero-order chi connectivity index (χ0) is 32.1. The minimum Gasteiger partial charge on any atom is -0.354 e. The molecule has 0 unspecified atom stereocenters. The molecule has 6 heteroatoms. The van der Waals surface area contributed by atoms with Crippen LogP contribution in [0.15, 0.2) is 176 Å². The lowest BCUT2D eigenvalue weighted by Crippen LogP contribution is -2.19. The fraction of sp³-hybridized carbons (Fsp3) is 0. The van der Waals surface area contributed by atoms with Crippen LogP contribution in [-0.4, -0.2) is 0 Å². The van der Waals surface area contributed by atoms with Gasteiger partial charge in [-0.1, -0.05) is 91.0 Å². The first-order chi connectivity index (χ1) is 23.8. The zero-order valence-corrected chi connectivity index (χ0v) is 26.2. The van der Waals surface area contributed by atoms with E-state index in [9.17, 15) is 0 Å². The Morgan fingerprint density at radius 1 is 0.333 bits per heavy atom. The van der Waals surface area contributed by atoms with Crippen molar-refractivity contribution in [1.29, 1.82) is 0 Å². The Morgan fingerprint density at radius 3 is 0.958 bits per heavy atom. The van der Waals surface area contributed by atoms with Gasteiger partial charge in [-0.05, 0) is 84.9 Å². The van der Waals surface area contributed by atoms with Crippen molar-refractivity contribution in [2.45, 2.75) is 0 Å². The first-order valence-electron chi connectivity index (χ1n) is 16.0. The van der Waals surface area contributed by atoms with Gasteiger partial charge in [-0.25, -0.2) is 0 Å². The van der Waals surface area contributed by atoms with Gasteiger partial charge < -0.3 is 31.5 Å². The summed E-state index contributed by atoms with van der Waals surface area (Å²) in [7, 11) is 0. The number of benzene rings is 7. The molecular formula is C42H34N6. The molecule has 8 rings (SSSR count). The van der Waals surface area contributed by atoms with E-state index < -0.39 is 0 Å². The summed E-state index contributed by atoms with van der Waals surface area (Å²) < 4.78 is 0. The highest BCUT2D eigenvalue weighted by Gasteiger charge is 2.28. The highest BCUT2D eigenvalue weighted by Crippen LogP contribution is 2.53. The van der Waals surface area contributed by atoms with Gasteiger partial charge in [0.1, 0.15) is 0 Å². The van der Waals surface area contributed by atoms with Crippen LogP contribution in [0.3, 0.4) is 0 Å². The quantitative estimate of drug-likeness (QED) is 0.110. The number of rotatable bonds is 9. The Hall–Kier alpha value is -6.66. The molecule has 48 heavy (non-hydrogen) atoms. The maximum absolute atomic E-state index is 3.80. The molecule has 0 atom stereocenters. The van der Waals surface area contributed by atoms with Crippen molar-refractivity contribution in [3.05, 3.63) is 176 Å². The monoisotopic (exact) mass is 622 g/mol. The molecule has 0 aliphatic carbocycles. The molecule has 1 aliphatic rings. The molecule has 0 radical (unpaired) electrons. The third kappa shape index (κ3) is 6.10. The molecular weight excluding hydrogens is 589 g/mol. The van der Waals surface area contributed by atoms with E-state index in [2.05, 4.69) is 135 Å². The van der Waals surface area contributed by atoms with Crippen molar-refractivity contribution in [2.75, 3.05) is 31.5 Å². The van der Waals surface area contributed by atoms with Crippen LogP contribution in [-0.2, 0) is 0 Å². The summed E-state index contributed by atoms with van der Waals surface area (Å²) in [4.78, 5) is 2.33. The number of nitrogens with zero attached hydrogens (tertiary/aromatic N) is 1. The van der Waals surface area contributed by atoms with Crippen LogP contribution in [0, 0.1) is 0 Å². The summed E-state index contributed by atoms with van der Waals surface area (Å²) in [6.45, 7) is 0. The molecule has 7 aromatic rings. The molecule has 0 aromatic heterocycles. The number of hydrogen-bond acceptors (Lipinski definition) is 6. The van der Waals surface area contributed by atoms with Crippen LogP contribution < -0.4 is 31.5 Å². The van der Waals surface area contributed by atoms with Crippen molar-refractivity contribution < 1.29 is 0 Å². The third-order valence-electron chi connectivity index (χ3n) is 8.25. The normalized spacial score (nSPS) is 11.5. The highest BCUT2D eigenvalue weighted by molar-refractivity contribution is 6.03. The van der Waals surface area contributed by atoms with Gasteiger partial charge in [-0.15, -0.1) is 0 Å². The van der Waals surface area contributed by atoms with Crippen molar-refractivity contribution >= 4 is 73.9 Å². The highest BCUT2D eigenvalue weighted by atomic mass is 15.2. The minimum atomic E-state index is 0.956. The summed E-state index contributed by atoms with van der Waals surface area (Å²) in [5.41, 5.74) is 13.0. The van der Waals surface area contributed by atoms with E-state index in [4.69, 9.17) is 0 Å². The Labute approximate surface area is 280 Å². The molecule has 0 bridgehead atoms. The van der Waals surface area contributed by atoms with E-state index in [1.807, 2.05) is 72.8 Å². The lowest BCUT2D eigenvalue weighted by Gasteiger charge is -2.36. The second kappa shape index (κ2) is 13.0. The topological polar surface area (TPSA) is 63.4 Å². The summed E-state index contributed by atoms with van der Waals surface area (Å²) in [6.07, 6.45) is 0. The summed E-state index contributed by atoms with van der Waals surface area (Å²) in [6, 6.07) is 60.4. The number of para-hydroxylation sites is 5. The maximum atomic E-state index is 3.80. The lowest BCUT2D eigenvalue weighted by atomic mass is 10.0. The van der Waals surface area contributed by atoms with E-state index in [0.29, 0.717) is 0 Å². The van der Waals surface area contributed by atoms with Gasteiger partial charge in [0.25, 0.3) is 0 Å². The SMILES string of the molecule is c1ccc(Nc2cc3c(cc2Nc2ccccc2)N(c2ccccc2)c2cc(Nc4ccccc4)c(Nc4ccccc4)cc2N3)cc1. The first kappa shape index (κ1) is 28.8. The van der Waals surface area contributed by atoms with Crippen LogP contribution >= 0.6 is 0 Å². The van der Waals surface area contributed by atoms with Gasteiger partial charge in [0.2, 0.25) is 0 Å².